The topological polar surface area (TPSA) is 103 Å². The molecule has 1 atom stereocenters. The molecule has 0 aromatic heterocycles. The molecule has 0 aliphatic carbocycles. The van der Waals surface area contributed by atoms with Crippen LogP contribution in [0.5, 0.6) is 0 Å². The number of ether oxygens (including phenoxy) is 1. The normalized spacial score (nSPS) is 14.1. The third kappa shape index (κ3) is 8.92. The van der Waals surface area contributed by atoms with Gasteiger partial charge in [0.1, 0.15) is 5.60 Å². The van der Waals surface area contributed by atoms with E-state index >= 15 is 0 Å². The van der Waals surface area contributed by atoms with Crippen molar-refractivity contribution in [2.45, 2.75) is 77.8 Å². The molecule has 7 nitrogen and oxygen atoms in total. The maximum absolute atomic E-state index is 11.8. The third-order valence-corrected chi connectivity index (χ3v) is 8.25. The average molecular weight is 348 g/mol. The van der Waals surface area contributed by atoms with Gasteiger partial charge in [0.15, 0.2) is 8.32 Å². The molecular formula is C15H33N3O4Si. The fourth-order valence-corrected chi connectivity index (χ4v) is 2.88. The van der Waals surface area contributed by atoms with E-state index in [0.717, 1.165) is 0 Å². The Labute approximate surface area is 140 Å². The molecule has 23 heavy (non-hydrogen) atoms. The van der Waals surface area contributed by atoms with E-state index < -0.39 is 26.1 Å². The number of hydrogen-bond acceptors (Lipinski definition) is 5. The van der Waals surface area contributed by atoms with Crippen molar-refractivity contribution in [3.8, 4) is 0 Å². The van der Waals surface area contributed by atoms with Crippen molar-refractivity contribution < 1.29 is 18.8 Å². The molecule has 0 aromatic rings. The molecule has 136 valence electrons. The predicted molar refractivity (Wildman–Crippen MR) is 93.3 cm³/mol. The van der Waals surface area contributed by atoms with Crippen LogP contribution in [0, 0.1) is 0 Å². The average Bonchev–Trinajstić information content (AvgIpc) is 2.31. The summed E-state index contributed by atoms with van der Waals surface area (Å²) in [7, 11) is -2.08. The molecule has 0 fully saturated rings. The summed E-state index contributed by atoms with van der Waals surface area (Å²) in [5, 5.41) is 2.65. The first-order chi connectivity index (χ1) is 10.2. The molecule has 8 heteroatoms. The molecule has 0 rings (SSSR count). The maximum atomic E-state index is 11.8. The summed E-state index contributed by atoms with van der Waals surface area (Å²) >= 11 is 0. The number of rotatable bonds is 6. The molecule has 0 saturated carbocycles. The monoisotopic (exact) mass is 347 g/mol. The van der Waals surface area contributed by atoms with E-state index in [9.17, 15) is 9.59 Å². The molecule has 0 saturated heterocycles. The lowest BCUT2D eigenvalue weighted by Gasteiger charge is -2.39. The molecule has 0 aromatic carbocycles. The molecule has 0 bridgehead atoms. The summed E-state index contributed by atoms with van der Waals surface area (Å²) < 4.78 is 11.4. The molecule has 0 heterocycles. The zero-order valence-corrected chi connectivity index (χ0v) is 16.7. The van der Waals surface area contributed by atoms with Gasteiger partial charge >= 0.3 is 6.09 Å². The first kappa shape index (κ1) is 21.9. The summed E-state index contributed by atoms with van der Waals surface area (Å²) in [4.78, 5) is 23.4. The van der Waals surface area contributed by atoms with E-state index in [1.54, 1.807) is 20.8 Å². The second kappa shape index (κ2) is 8.12. The van der Waals surface area contributed by atoms with Crippen molar-refractivity contribution in [2.75, 3.05) is 6.54 Å². The van der Waals surface area contributed by atoms with Gasteiger partial charge in [-0.2, -0.15) is 0 Å². The highest BCUT2D eigenvalue weighted by Gasteiger charge is 2.39. The summed E-state index contributed by atoms with van der Waals surface area (Å²) in [6.07, 6.45) is -0.903. The largest absolute Gasteiger partial charge is 0.444 e. The van der Waals surface area contributed by atoms with E-state index in [1.807, 2.05) is 0 Å². The Morgan fingerprint density at radius 3 is 2.04 bits per heavy atom. The Balaban J connectivity index is 4.83. The molecule has 0 radical (unpaired) electrons. The van der Waals surface area contributed by atoms with Gasteiger partial charge in [0.25, 0.3) is 0 Å². The highest BCUT2D eigenvalue weighted by Crippen LogP contribution is 2.37. The van der Waals surface area contributed by atoms with Gasteiger partial charge in [-0.25, -0.2) is 10.6 Å². The van der Waals surface area contributed by atoms with Crippen LogP contribution in [0.1, 0.15) is 48.0 Å². The van der Waals surface area contributed by atoms with Crippen molar-refractivity contribution in [1.82, 2.24) is 10.7 Å². The number of nitrogens with two attached hydrogens (primary N) is 1. The number of carbonyl (C=O) groups is 2. The summed E-state index contributed by atoms with van der Waals surface area (Å²) in [6.45, 7) is 16.1. The zero-order chi connectivity index (χ0) is 18.5. The molecule has 2 amide bonds. The predicted octanol–water partition coefficient (Wildman–Crippen LogP) is 2.28. The summed E-state index contributed by atoms with van der Waals surface area (Å²) in [6, 6.07) is 0. The van der Waals surface area contributed by atoms with Crippen LogP contribution < -0.4 is 16.6 Å². The fraction of sp³-hybridized carbons (Fsp3) is 0.867. The minimum atomic E-state index is -2.08. The maximum Gasteiger partial charge on any atom is 0.407 e. The quantitative estimate of drug-likeness (QED) is 0.296. The van der Waals surface area contributed by atoms with Crippen molar-refractivity contribution in [3.63, 3.8) is 0 Å². The molecule has 0 aliphatic rings. The highest BCUT2D eigenvalue weighted by molar-refractivity contribution is 6.74. The third-order valence-electron chi connectivity index (χ3n) is 3.71. The van der Waals surface area contributed by atoms with Gasteiger partial charge < -0.3 is 14.5 Å². The lowest BCUT2D eigenvalue weighted by Crippen LogP contribution is -2.49. The fourth-order valence-electron chi connectivity index (χ4n) is 1.53. The van der Waals surface area contributed by atoms with Crippen molar-refractivity contribution in [3.05, 3.63) is 0 Å². The van der Waals surface area contributed by atoms with Crippen LogP contribution in [0.4, 0.5) is 4.79 Å². The van der Waals surface area contributed by atoms with Crippen LogP contribution in [0.3, 0.4) is 0 Å². The lowest BCUT2D eigenvalue weighted by molar-refractivity contribution is -0.122. The Morgan fingerprint density at radius 1 is 1.13 bits per heavy atom. The second-order valence-corrected chi connectivity index (χ2v) is 12.9. The number of carbonyl (C=O) groups excluding carboxylic acids is 2. The van der Waals surface area contributed by atoms with E-state index in [0.29, 0.717) is 0 Å². The Morgan fingerprint density at radius 2 is 1.65 bits per heavy atom. The van der Waals surface area contributed by atoms with Crippen molar-refractivity contribution in [1.29, 1.82) is 0 Å². The number of alkyl carbamates (subject to hydrolysis) is 1. The summed E-state index contributed by atoms with van der Waals surface area (Å²) in [5.74, 6) is 4.82. The Hall–Kier alpha value is -1.12. The van der Waals surface area contributed by atoms with Crippen LogP contribution >= 0.6 is 0 Å². The molecule has 4 N–H and O–H groups in total. The van der Waals surface area contributed by atoms with E-state index in [1.165, 1.54) is 0 Å². The molecule has 1 unspecified atom stereocenters. The number of nitrogens with one attached hydrogen (secondary N) is 2. The van der Waals surface area contributed by atoms with Crippen LogP contribution in [0.2, 0.25) is 18.1 Å². The molecular weight excluding hydrogens is 314 g/mol. The number of amides is 2. The van der Waals surface area contributed by atoms with E-state index in [4.69, 9.17) is 15.0 Å². The SMILES string of the molecule is CC(C)(C)OC(=O)NCC(CC(=O)NN)O[Si](C)(C)C(C)(C)C. The molecule has 0 aliphatic heterocycles. The van der Waals surface area contributed by atoms with Gasteiger partial charge in [0.05, 0.1) is 12.5 Å². The van der Waals surface area contributed by atoms with Gasteiger partial charge in [-0.3, -0.25) is 10.2 Å². The Bertz CT molecular complexity index is 414. The van der Waals surface area contributed by atoms with E-state index in [-0.39, 0.29) is 23.9 Å². The van der Waals surface area contributed by atoms with Gasteiger partial charge in [0, 0.05) is 6.54 Å². The number of hydrazine groups is 1. The minimum absolute atomic E-state index is 0.00361. The van der Waals surface area contributed by atoms with Crippen LogP contribution in [-0.4, -0.2) is 38.6 Å². The zero-order valence-electron chi connectivity index (χ0n) is 15.7. The minimum Gasteiger partial charge on any atom is -0.444 e. The smallest absolute Gasteiger partial charge is 0.407 e. The standard InChI is InChI=1S/C15H33N3O4Si/c1-14(2,3)21-13(20)17-10-11(9-12(19)18-16)22-23(7,8)15(4,5)6/h11H,9-10,16H2,1-8H3,(H,17,20)(H,18,19). The molecule has 0 spiro atoms. The van der Waals surface area contributed by atoms with Gasteiger partial charge in [0.2, 0.25) is 5.91 Å². The lowest BCUT2D eigenvalue weighted by atomic mass is 10.2. The number of hydrogen-bond donors (Lipinski definition) is 3. The summed E-state index contributed by atoms with van der Waals surface area (Å²) in [5.41, 5.74) is 1.52. The first-order valence-corrected chi connectivity index (χ1v) is 10.7. The van der Waals surface area contributed by atoms with Gasteiger partial charge in [-0.1, -0.05) is 20.8 Å². The van der Waals surface area contributed by atoms with Crippen molar-refractivity contribution >= 4 is 20.3 Å². The van der Waals surface area contributed by atoms with Gasteiger partial charge in [-0.05, 0) is 38.9 Å². The first-order valence-electron chi connectivity index (χ1n) is 7.82. The van der Waals surface area contributed by atoms with Crippen molar-refractivity contribution in [2.24, 2.45) is 5.84 Å². The Kier molecular flexibility index (Phi) is 7.72. The highest BCUT2D eigenvalue weighted by atomic mass is 28.4. The van der Waals surface area contributed by atoms with Gasteiger partial charge in [-0.15, -0.1) is 0 Å². The second-order valence-electron chi connectivity index (χ2n) is 8.15. The van der Waals surface area contributed by atoms with E-state index in [2.05, 4.69) is 44.6 Å². The van der Waals surface area contributed by atoms with Crippen LogP contribution in [0.25, 0.3) is 0 Å². The van der Waals surface area contributed by atoms with Crippen LogP contribution in [0.15, 0.2) is 0 Å². The van der Waals surface area contributed by atoms with Crippen LogP contribution in [-0.2, 0) is 14.0 Å².